The second-order valence-electron chi connectivity index (χ2n) is 4.72. The fourth-order valence-corrected chi connectivity index (χ4v) is 2.47. The zero-order valence-corrected chi connectivity index (χ0v) is 12.0. The van der Waals surface area contributed by atoms with Gasteiger partial charge in [0.1, 0.15) is 13.2 Å². The lowest BCUT2D eigenvalue weighted by atomic mass is 10.1. The maximum atomic E-state index is 11.6. The van der Waals surface area contributed by atoms with E-state index < -0.39 is 15.3 Å². The molecule has 106 valence electrons. The minimum absolute atomic E-state index is 0.389. The van der Waals surface area contributed by atoms with Gasteiger partial charge in [-0.05, 0) is 38.0 Å². The second-order valence-corrected chi connectivity index (χ2v) is 7.04. The summed E-state index contributed by atoms with van der Waals surface area (Å²) in [6, 6.07) is 5.69. The van der Waals surface area contributed by atoms with Gasteiger partial charge >= 0.3 is 0 Å². The van der Waals surface area contributed by atoms with Crippen LogP contribution in [0.3, 0.4) is 0 Å². The molecule has 0 amide bonds. The summed E-state index contributed by atoms with van der Waals surface area (Å²) in [6.45, 7) is 4.83. The van der Waals surface area contributed by atoms with Crippen molar-refractivity contribution in [3.05, 3.63) is 23.8 Å². The van der Waals surface area contributed by atoms with Crippen molar-refractivity contribution in [1.29, 1.82) is 0 Å². The van der Waals surface area contributed by atoms with E-state index in [9.17, 15) is 8.42 Å². The van der Waals surface area contributed by atoms with Gasteiger partial charge in [-0.2, -0.15) is 0 Å². The molecular weight excluding hydrogens is 266 g/mol. The van der Waals surface area contributed by atoms with Crippen molar-refractivity contribution in [2.75, 3.05) is 19.8 Å². The fourth-order valence-electron chi connectivity index (χ4n) is 1.75. The number of hydrogen-bond acceptors (Lipinski definition) is 4. The Morgan fingerprint density at radius 2 is 1.89 bits per heavy atom. The quantitative estimate of drug-likeness (QED) is 0.886. The van der Waals surface area contributed by atoms with Crippen LogP contribution < -0.4 is 14.2 Å². The third-order valence-electron chi connectivity index (χ3n) is 2.94. The first-order valence-corrected chi connectivity index (χ1v) is 7.90. The van der Waals surface area contributed by atoms with Crippen molar-refractivity contribution < 1.29 is 17.9 Å². The first-order valence-electron chi connectivity index (χ1n) is 6.36. The molecule has 0 saturated carbocycles. The van der Waals surface area contributed by atoms with Crippen LogP contribution >= 0.6 is 0 Å². The number of sulfonamides is 1. The van der Waals surface area contributed by atoms with Crippen LogP contribution in [0.1, 0.15) is 19.4 Å². The fraction of sp³-hybridized carbons (Fsp3) is 0.538. The first-order chi connectivity index (χ1) is 8.99. The van der Waals surface area contributed by atoms with E-state index in [1.165, 1.54) is 0 Å². The van der Waals surface area contributed by atoms with Gasteiger partial charge < -0.3 is 9.47 Å². The molecule has 1 aromatic carbocycles. The molecule has 1 aromatic rings. The van der Waals surface area contributed by atoms with Crippen molar-refractivity contribution in [2.45, 2.75) is 25.5 Å². The van der Waals surface area contributed by atoms with Crippen molar-refractivity contribution in [2.24, 2.45) is 0 Å². The van der Waals surface area contributed by atoms with Crippen molar-refractivity contribution >= 4 is 10.0 Å². The zero-order chi connectivity index (χ0) is 13.9. The van der Waals surface area contributed by atoms with Gasteiger partial charge in [0, 0.05) is 6.54 Å². The molecule has 2 rings (SSSR count). The van der Waals surface area contributed by atoms with Gasteiger partial charge in [0.2, 0.25) is 10.0 Å². The third kappa shape index (κ3) is 3.61. The number of hydrogen-bond donors (Lipinski definition) is 1. The van der Waals surface area contributed by atoms with E-state index in [2.05, 4.69) is 4.72 Å². The van der Waals surface area contributed by atoms with Gasteiger partial charge in [-0.1, -0.05) is 6.07 Å². The van der Waals surface area contributed by atoms with Gasteiger partial charge in [0.25, 0.3) is 0 Å². The van der Waals surface area contributed by atoms with E-state index in [0.717, 1.165) is 17.1 Å². The molecule has 0 atom stereocenters. The van der Waals surface area contributed by atoms with Crippen LogP contribution in [0.15, 0.2) is 18.2 Å². The number of ether oxygens (including phenoxy) is 2. The van der Waals surface area contributed by atoms with Gasteiger partial charge in [0.15, 0.2) is 11.5 Å². The molecule has 0 fully saturated rings. The lowest BCUT2D eigenvalue weighted by molar-refractivity contribution is 0.171. The minimum Gasteiger partial charge on any atom is -0.486 e. The van der Waals surface area contributed by atoms with Crippen LogP contribution in [0, 0.1) is 0 Å². The Morgan fingerprint density at radius 3 is 2.58 bits per heavy atom. The van der Waals surface area contributed by atoms with Gasteiger partial charge in [-0.25, -0.2) is 13.1 Å². The van der Waals surface area contributed by atoms with Crippen molar-refractivity contribution in [3.63, 3.8) is 0 Å². The Balaban J connectivity index is 1.94. The van der Waals surface area contributed by atoms with Crippen LogP contribution in [0.5, 0.6) is 11.5 Å². The molecule has 5 nitrogen and oxygen atoms in total. The topological polar surface area (TPSA) is 64.6 Å². The molecule has 0 unspecified atom stereocenters. The summed E-state index contributed by atoms with van der Waals surface area (Å²) in [5.41, 5.74) is 1.02. The highest BCUT2D eigenvalue weighted by atomic mass is 32.2. The Morgan fingerprint density at radius 1 is 1.21 bits per heavy atom. The number of nitrogens with one attached hydrogen (secondary N) is 1. The summed E-state index contributed by atoms with van der Waals surface area (Å²) in [5, 5.41) is -0.409. The highest BCUT2D eigenvalue weighted by Gasteiger charge is 2.15. The molecule has 19 heavy (non-hydrogen) atoms. The van der Waals surface area contributed by atoms with Crippen molar-refractivity contribution in [3.8, 4) is 11.5 Å². The Labute approximate surface area is 114 Å². The van der Waals surface area contributed by atoms with Crippen LogP contribution in [-0.2, 0) is 16.4 Å². The third-order valence-corrected chi connectivity index (χ3v) is 4.79. The smallest absolute Gasteiger partial charge is 0.213 e. The van der Waals surface area contributed by atoms with E-state index in [-0.39, 0.29) is 0 Å². The predicted octanol–water partition coefficient (Wildman–Crippen LogP) is 1.33. The van der Waals surface area contributed by atoms with E-state index in [4.69, 9.17) is 9.47 Å². The molecule has 1 aliphatic heterocycles. The molecule has 0 spiro atoms. The number of fused-ring (bicyclic) bond motifs is 1. The molecule has 1 heterocycles. The summed E-state index contributed by atoms with van der Waals surface area (Å²) < 4.78 is 36.7. The highest BCUT2D eigenvalue weighted by Crippen LogP contribution is 2.30. The molecule has 1 aliphatic rings. The molecule has 0 bridgehead atoms. The predicted molar refractivity (Wildman–Crippen MR) is 73.2 cm³/mol. The average Bonchev–Trinajstić information content (AvgIpc) is 2.38. The van der Waals surface area contributed by atoms with Crippen LogP contribution in [0.2, 0.25) is 0 Å². The molecule has 0 aliphatic carbocycles. The monoisotopic (exact) mass is 285 g/mol. The summed E-state index contributed by atoms with van der Waals surface area (Å²) >= 11 is 0. The van der Waals surface area contributed by atoms with E-state index in [1.54, 1.807) is 13.8 Å². The summed E-state index contributed by atoms with van der Waals surface area (Å²) in [5.74, 6) is 1.48. The van der Waals surface area contributed by atoms with Crippen molar-refractivity contribution in [1.82, 2.24) is 4.72 Å². The number of benzene rings is 1. The molecular formula is C13H19NO4S. The Hall–Kier alpha value is -1.27. The SMILES string of the molecule is CC(C)S(=O)(=O)NCCc1ccc2c(c1)OCCO2. The van der Waals surface area contributed by atoms with E-state index >= 15 is 0 Å². The first kappa shape index (κ1) is 14.1. The lowest BCUT2D eigenvalue weighted by Gasteiger charge is -2.19. The summed E-state index contributed by atoms with van der Waals surface area (Å²) in [4.78, 5) is 0. The second kappa shape index (κ2) is 5.79. The van der Waals surface area contributed by atoms with Crippen LogP contribution in [0.4, 0.5) is 0 Å². The Kier molecular flexibility index (Phi) is 4.31. The minimum atomic E-state index is -3.19. The standard InChI is InChI=1S/C13H19NO4S/c1-10(2)19(15,16)14-6-5-11-3-4-12-13(9-11)18-8-7-17-12/h3-4,9-10,14H,5-8H2,1-2H3. The Bertz CT molecular complexity index is 540. The average molecular weight is 285 g/mol. The van der Waals surface area contributed by atoms with Gasteiger partial charge in [-0.15, -0.1) is 0 Å². The zero-order valence-electron chi connectivity index (χ0n) is 11.2. The highest BCUT2D eigenvalue weighted by molar-refractivity contribution is 7.90. The molecule has 0 aromatic heterocycles. The normalized spacial score (nSPS) is 14.7. The lowest BCUT2D eigenvalue weighted by Crippen LogP contribution is -2.32. The maximum absolute atomic E-state index is 11.6. The van der Waals surface area contributed by atoms with Gasteiger partial charge in [0.05, 0.1) is 5.25 Å². The van der Waals surface area contributed by atoms with E-state index in [0.29, 0.717) is 26.2 Å². The van der Waals surface area contributed by atoms with Crippen LogP contribution in [-0.4, -0.2) is 33.4 Å². The van der Waals surface area contributed by atoms with E-state index in [1.807, 2.05) is 18.2 Å². The summed E-state index contributed by atoms with van der Waals surface area (Å²) in [7, 11) is -3.19. The molecule has 6 heteroatoms. The molecule has 0 saturated heterocycles. The van der Waals surface area contributed by atoms with Crippen LogP contribution in [0.25, 0.3) is 0 Å². The van der Waals surface area contributed by atoms with Gasteiger partial charge in [-0.3, -0.25) is 0 Å². The number of rotatable bonds is 5. The summed E-state index contributed by atoms with van der Waals surface area (Å²) in [6.07, 6.45) is 0.628. The molecule has 0 radical (unpaired) electrons. The maximum Gasteiger partial charge on any atom is 0.213 e. The molecule has 1 N–H and O–H groups in total. The largest absolute Gasteiger partial charge is 0.486 e.